The molecule has 0 fully saturated rings. The number of ether oxygens (including phenoxy) is 1. The van der Waals surface area contributed by atoms with Gasteiger partial charge in [-0.05, 0) is 60.9 Å². The maximum Gasteiger partial charge on any atom is 0.166 e. The molecule has 1 N–H and O–H groups in total. The summed E-state index contributed by atoms with van der Waals surface area (Å²) in [6.07, 6.45) is 6.12. The number of nitrogens with zero attached hydrogens (tertiary/aromatic N) is 2. The molecule has 3 aromatic rings. The summed E-state index contributed by atoms with van der Waals surface area (Å²) in [7, 11) is 0. The van der Waals surface area contributed by atoms with Crippen LogP contribution in [0.1, 0.15) is 23.6 Å². The summed E-state index contributed by atoms with van der Waals surface area (Å²) in [6.45, 7) is 2.39. The number of benzene rings is 2. The largest absolute Gasteiger partial charge is 0.504 e. The van der Waals surface area contributed by atoms with Gasteiger partial charge in [0.05, 0.1) is 12.3 Å². The van der Waals surface area contributed by atoms with E-state index in [0.717, 1.165) is 12.1 Å². The Morgan fingerprint density at radius 1 is 1.00 bits per heavy atom. The number of aromatic nitrogens is 1. The fraction of sp³-hybridized carbons (Fsp3) is 0.143. The van der Waals surface area contributed by atoms with Gasteiger partial charge < -0.3 is 9.84 Å². The molecular weight excluding hydrogens is 312 g/mol. The van der Waals surface area contributed by atoms with Crippen molar-refractivity contribution in [3.8, 4) is 11.5 Å². The normalized spacial score (nSPS) is 10.9. The maximum atomic E-state index is 10.2. The van der Waals surface area contributed by atoms with E-state index in [9.17, 15) is 5.11 Å². The first kappa shape index (κ1) is 16.7. The van der Waals surface area contributed by atoms with E-state index in [1.807, 2.05) is 37.3 Å². The van der Waals surface area contributed by atoms with Crippen LogP contribution < -0.4 is 4.74 Å². The fourth-order valence-corrected chi connectivity index (χ4v) is 2.50. The molecule has 0 radical (unpaired) electrons. The van der Waals surface area contributed by atoms with Crippen LogP contribution in [0, 0.1) is 0 Å². The molecule has 1 heterocycles. The highest BCUT2D eigenvalue weighted by atomic mass is 16.5. The predicted molar refractivity (Wildman–Crippen MR) is 100 cm³/mol. The van der Waals surface area contributed by atoms with Gasteiger partial charge in [-0.1, -0.05) is 18.2 Å². The lowest BCUT2D eigenvalue weighted by molar-refractivity contribution is 0.318. The van der Waals surface area contributed by atoms with Gasteiger partial charge in [0.2, 0.25) is 0 Å². The van der Waals surface area contributed by atoms with Gasteiger partial charge in [-0.25, -0.2) is 0 Å². The molecular formula is C21H20N2O2. The predicted octanol–water partition coefficient (Wildman–Crippen LogP) is 4.53. The van der Waals surface area contributed by atoms with Crippen molar-refractivity contribution in [2.24, 2.45) is 4.99 Å². The molecule has 4 heteroatoms. The molecule has 0 atom stereocenters. The number of para-hydroxylation sites is 1. The van der Waals surface area contributed by atoms with Gasteiger partial charge in [-0.15, -0.1) is 0 Å². The van der Waals surface area contributed by atoms with Gasteiger partial charge in [-0.3, -0.25) is 9.98 Å². The van der Waals surface area contributed by atoms with Gasteiger partial charge in [0.1, 0.15) is 0 Å². The smallest absolute Gasteiger partial charge is 0.166 e. The Hall–Kier alpha value is -3.14. The van der Waals surface area contributed by atoms with E-state index >= 15 is 0 Å². The minimum absolute atomic E-state index is 0.113. The third kappa shape index (κ3) is 4.44. The van der Waals surface area contributed by atoms with Crippen molar-refractivity contribution in [1.29, 1.82) is 0 Å². The van der Waals surface area contributed by atoms with Gasteiger partial charge in [-0.2, -0.15) is 0 Å². The highest BCUT2D eigenvalue weighted by Gasteiger charge is 2.05. The molecule has 0 aliphatic heterocycles. The van der Waals surface area contributed by atoms with Crippen LogP contribution in [0.15, 0.2) is 72.0 Å². The summed E-state index contributed by atoms with van der Waals surface area (Å²) in [6, 6.07) is 17.5. The first-order chi connectivity index (χ1) is 12.3. The van der Waals surface area contributed by atoms with Crippen LogP contribution >= 0.6 is 0 Å². The van der Waals surface area contributed by atoms with E-state index in [-0.39, 0.29) is 5.75 Å². The lowest BCUT2D eigenvalue weighted by Crippen LogP contribution is -1.93. The number of phenolic OH excluding ortho intramolecular Hbond substituents is 1. The average Bonchev–Trinajstić information content (AvgIpc) is 2.65. The Morgan fingerprint density at radius 2 is 1.72 bits per heavy atom. The van der Waals surface area contributed by atoms with Crippen molar-refractivity contribution in [2.45, 2.75) is 13.3 Å². The SMILES string of the molecule is CCOc1cccc(C=Nc2ccc(Cc3ccncc3)cc2)c1O. The molecule has 0 saturated heterocycles. The molecule has 1 aromatic heterocycles. The Labute approximate surface area is 147 Å². The highest BCUT2D eigenvalue weighted by Crippen LogP contribution is 2.29. The molecule has 2 aromatic carbocycles. The second-order valence-electron chi connectivity index (χ2n) is 5.58. The van der Waals surface area contributed by atoms with E-state index in [2.05, 4.69) is 22.1 Å². The van der Waals surface area contributed by atoms with Crippen LogP contribution in [0.4, 0.5) is 5.69 Å². The van der Waals surface area contributed by atoms with Crippen LogP contribution in [0.5, 0.6) is 11.5 Å². The standard InChI is InChI=1S/C21H20N2O2/c1-2-25-20-5-3-4-18(21(20)24)15-23-19-8-6-16(7-9-19)14-17-10-12-22-13-11-17/h3-13,15,24H,2,14H2,1H3. The number of hydrogen-bond donors (Lipinski definition) is 1. The van der Waals surface area contributed by atoms with Crippen molar-refractivity contribution >= 4 is 11.9 Å². The number of phenols is 1. The zero-order valence-corrected chi connectivity index (χ0v) is 14.1. The molecule has 25 heavy (non-hydrogen) atoms. The number of aliphatic imine (C=N–C) groups is 1. The third-order valence-electron chi connectivity index (χ3n) is 3.78. The fourth-order valence-electron chi connectivity index (χ4n) is 2.50. The van der Waals surface area contributed by atoms with Crippen molar-refractivity contribution in [1.82, 2.24) is 4.98 Å². The molecule has 3 rings (SSSR count). The van der Waals surface area contributed by atoms with Crippen molar-refractivity contribution < 1.29 is 9.84 Å². The summed E-state index contributed by atoms with van der Waals surface area (Å²) in [5.41, 5.74) is 3.90. The molecule has 0 spiro atoms. The Kier molecular flexibility index (Phi) is 5.42. The monoisotopic (exact) mass is 332 g/mol. The van der Waals surface area contributed by atoms with Crippen LogP contribution in [-0.2, 0) is 6.42 Å². The van der Waals surface area contributed by atoms with Crippen molar-refractivity contribution in [3.63, 3.8) is 0 Å². The van der Waals surface area contributed by atoms with Crippen molar-refractivity contribution in [2.75, 3.05) is 6.61 Å². The second-order valence-corrected chi connectivity index (χ2v) is 5.58. The minimum Gasteiger partial charge on any atom is -0.504 e. The van der Waals surface area contributed by atoms with Crippen LogP contribution in [0.25, 0.3) is 0 Å². The van der Waals surface area contributed by atoms with E-state index in [1.54, 1.807) is 30.7 Å². The molecule has 0 bridgehead atoms. The molecule has 0 aliphatic carbocycles. The maximum absolute atomic E-state index is 10.2. The van der Waals surface area contributed by atoms with Gasteiger partial charge >= 0.3 is 0 Å². The van der Waals surface area contributed by atoms with E-state index in [0.29, 0.717) is 17.9 Å². The Bertz CT molecular complexity index is 844. The first-order valence-corrected chi connectivity index (χ1v) is 8.23. The quantitative estimate of drug-likeness (QED) is 0.675. The highest BCUT2D eigenvalue weighted by molar-refractivity contribution is 5.86. The van der Waals surface area contributed by atoms with Crippen molar-refractivity contribution in [3.05, 3.63) is 83.7 Å². The second kappa shape index (κ2) is 8.11. The zero-order chi connectivity index (χ0) is 17.5. The minimum atomic E-state index is 0.113. The molecule has 126 valence electrons. The topological polar surface area (TPSA) is 54.7 Å². The lowest BCUT2D eigenvalue weighted by Gasteiger charge is -2.07. The van der Waals surface area contributed by atoms with Gasteiger partial charge in [0, 0.05) is 24.2 Å². The third-order valence-corrected chi connectivity index (χ3v) is 3.78. The number of pyridine rings is 1. The van der Waals surface area contributed by atoms with Gasteiger partial charge in [0.15, 0.2) is 11.5 Å². The van der Waals surface area contributed by atoms with Crippen LogP contribution in [-0.4, -0.2) is 22.9 Å². The first-order valence-electron chi connectivity index (χ1n) is 8.23. The lowest BCUT2D eigenvalue weighted by atomic mass is 10.1. The molecule has 4 nitrogen and oxygen atoms in total. The Morgan fingerprint density at radius 3 is 2.44 bits per heavy atom. The van der Waals surface area contributed by atoms with Crippen LogP contribution in [0.2, 0.25) is 0 Å². The molecule has 0 unspecified atom stereocenters. The van der Waals surface area contributed by atoms with Crippen LogP contribution in [0.3, 0.4) is 0 Å². The number of aromatic hydroxyl groups is 1. The van der Waals surface area contributed by atoms with E-state index < -0.39 is 0 Å². The summed E-state index contributed by atoms with van der Waals surface area (Å²) in [5, 5.41) is 10.2. The summed E-state index contributed by atoms with van der Waals surface area (Å²) in [5.74, 6) is 0.585. The van der Waals surface area contributed by atoms with E-state index in [1.165, 1.54) is 11.1 Å². The summed E-state index contributed by atoms with van der Waals surface area (Å²) >= 11 is 0. The number of rotatable bonds is 6. The molecule has 0 aliphatic rings. The molecule has 0 amide bonds. The Balaban J connectivity index is 1.71. The summed E-state index contributed by atoms with van der Waals surface area (Å²) in [4.78, 5) is 8.47. The summed E-state index contributed by atoms with van der Waals surface area (Å²) < 4.78 is 5.39. The number of hydrogen-bond acceptors (Lipinski definition) is 4. The van der Waals surface area contributed by atoms with E-state index in [4.69, 9.17) is 4.74 Å². The zero-order valence-electron chi connectivity index (χ0n) is 14.1. The average molecular weight is 332 g/mol. The molecule has 0 saturated carbocycles. The van der Waals surface area contributed by atoms with Gasteiger partial charge in [0.25, 0.3) is 0 Å².